The first-order valence-electron chi connectivity index (χ1n) is 9.54. The summed E-state index contributed by atoms with van der Waals surface area (Å²) in [6.45, 7) is 2.83. The lowest BCUT2D eigenvalue weighted by molar-refractivity contribution is -0.126. The molecule has 0 saturated heterocycles. The Balaban J connectivity index is 1.36. The largest absolute Gasteiger partial charge is 0.377 e. The van der Waals surface area contributed by atoms with Gasteiger partial charge in [-0.2, -0.15) is 0 Å². The van der Waals surface area contributed by atoms with Crippen molar-refractivity contribution in [2.75, 3.05) is 13.2 Å². The lowest BCUT2D eigenvalue weighted by Gasteiger charge is -2.12. The zero-order valence-corrected chi connectivity index (χ0v) is 17.2. The summed E-state index contributed by atoms with van der Waals surface area (Å²) in [5, 5.41) is 3.36. The fourth-order valence-electron chi connectivity index (χ4n) is 2.81. The maximum atomic E-state index is 12.2. The summed E-state index contributed by atoms with van der Waals surface area (Å²) in [5.41, 5.74) is 9.01. The molecule has 3 rings (SSSR count). The molecule has 0 aliphatic heterocycles. The van der Waals surface area contributed by atoms with Gasteiger partial charge in [-0.05, 0) is 36.6 Å². The predicted octanol–water partition coefficient (Wildman–Crippen LogP) is 2.77. The van der Waals surface area contributed by atoms with Gasteiger partial charge in [-0.15, -0.1) is 11.3 Å². The second-order valence-electron chi connectivity index (χ2n) is 6.95. The number of nitrogens with zero attached hydrogens (tertiary/aromatic N) is 1. The molecule has 7 heteroatoms. The number of nitrogens with one attached hydrogen (secondary N) is 1. The Bertz CT molecular complexity index is 972. The minimum atomic E-state index is -0.705. The minimum absolute atomic E-state index is 0.0492. The second-order valence-corrected chi connectivity index (χ2v) is 8.06. The van der Waals surface area contributed by atoms with E-state index in [1.54, 1.807) is 0 Å². The third-order valence-electron chi connectivity index (χ3n) is 4.42. The SMILES string of the molecule is Cc1ccc2nc(CC(=O)CNC(=O)[C@H](N)CCOCc3ccccc3)sc2c1. The molecule has 152 valence electrons. The Morgan fingerprint density at radius 2 is 2.00 bits per heavy atom. The summed E-state index contributed by atoms with van der Waals surface area (Å²) in [6, 6.07) is 15.1. The normalized spacial score (nSPS) is 12.1. The van der Waals surface area contributed by atoms with E-state index < -0.39 is 6.04 Å². The van der Waals surface area contributed by atoms with Gasteiger partial charge in [-0.1, -0.05) is 36.4 Å². The van der Waals surface area contributed by atoms with Crippen LogP contribution in [0, 0.1) is 6.92 Å². The van der Waals surface area contributed by atoms with Crippen molar-refractivity contribution in [3.8, 4) is 0 Å². The van der Waals surface area contributed by atoms with E-state index in [2.05, 4.69) is 16.4 Å². The summed E-state index contributed by atoms with van der Waals surface area (Å²) in [4.78, 5) is 28.7. The minimum Gasteiger partial charge on any atom is -0.377 e. The molecule has 0 aliphatic rings. The summed E-state index contributed by atoms with van der Waals surface area (Å²) >= 11 is 1.51. The number of aromatic nitrogens is 1. The third kappa shape index (κ3) is 6.45. The molecule has 0 bridgehead atoms. The highest BCUT2D eigenvalue weighted by molar-refractivity contribution is 7.18. The number of amides is 1. The van der Waals surface area contributed by atoms with Crippen LogP contribution < -0.4 is 11.1 Å². The number of nitrogens with two attached hydrogens (primary N) is 1. The van der Waals surface area contributed by atoms with E-state index in [1.165, 1.54) is 11.3 Å². The van der Waals surface area contributed by atoms with Gasteiger partial charge in [0.2, 0.25) is 5.91 Å². The molecule has 3 aromatic rings. The van der Waals surface area contributed by atoms with Crippen LogP contribution in [-0.4, -0.2) is 35.9 Å². The Kier molecular flexibility index (Phi) is 7.46. The van der Waals surface area contributed by atoms with Crippen LogP contribution in [0.4, 0.5) is 0 Å². The predicted molar refractivity (Wildman–Crippen MR) is 115 cm³/mol. The summed E-state index contributed by atoms with van der Waals surface area (Å²) in [7, 11) is 0. The van der Waals surface area contributed by atoms with Crippen LogP contribution >= 0.6 is 11.3 Å². The monoisotopic (exact) mass is 411 g/mol. The molecule has 0 spiro atoms. The van der Waals surface area contributed by atoms with Gasteiger partial charge in [0.05, 0.1) is 35.8 Å². The van der Waals surface area contributed by atoms with Gasteiger partial charge in [0.25, 0.3) is 0 Å². The van der Waals surface area contributed by atoms with Gasteiger partial charge >= 0.3 is 0 Å². The third-order valence-corrected chi connectivity index (χ3v) is 5.44. The number of ether oxygens (including phenoxy) is 1. The van der Waals surface area contributed by atoms with E-state index in [4.69, 9.17) is 10.5 Å². The number of aryl methyl sites for hydroxylation is 1. The van der Waals surface area contributed by atoms with E-state index in [0.29, 0.717) is 19.6 Å². The summed E-state index contributed by atoms with van der Waals surface area (Å²) in [5.74, 6) is -0.441. The quantitative estimate of drug-likeness (QED) is 0.500. The highest BCUT2D eigenvalue weighted by Crippen LogP contribution is 2.23. The van der Waals surface area contributed by atoms with Crippen LogP contribution in [0.25, 0.3) is 10.2 Å². The van der Waals surface area contributed by atoms with Gasteiger partial charge in [-0.25, -0.2) is 4.98 Å². The fourth-order valence-corrected chi connectivity index (χ4v) is 3.90. The molecular formula is C22H25N3O3S. The van der Waals surface area contributed by atoms with Crippen molar-refractivity contribution in [2.24, 2.45) is 5.73 Å². The van der Waals surface area contributed by atoms with E-state index in [0.717, 1.165) is 26.4 Å². The van der Waals surface area contributed by atoms with Crippen LogP contribution in [0.5, 0.6) is 0 Å². The number of hydrogen-bond acceptors (Lipinski definition) is 6. The Labute approximate surface area is 174 Å². The molecule has 1 heterocycles. The number of carbonyl (C=O) groups is 2. The average molecular weight is 412 g/mol. The topological polar surface area (TPSA) is 94.3 Å². The smallest absolute Gasteiger partial charge is 0.237 e. The van der Waals surface area contributed by atoms with Crippen molar-refractivity contribution in [2.45, 2.75) is 32.4 Å². The van der Waals surface area contributed by atoms with Crippen molar-refractivity contribution in [3.05, 3.63) is 64.7 Å². The Morgan fingerprint density at radius 3 is 2.79 bits per heavy atom. The fraction of sp³-hybridized carbons (Fsp3) is 0.318. The van der Waals surface area contributed by atoms with Crippen molar-refractivity contribution >= 4 is 33.2 Å². The average Bonchev–Trinajstić information content (AvgIpc) is 3.11. The van der Waals surface area contributed by atoms with Crippen LogP contribution in [0.3, 0.4) is 0 Å². The lowest BCUT2D eigenvalue weighted by Crippen LogP contribution is -2.43. The molecule has 1 amide bonds. The van der Waals surface area contributed by atoms with E-state index in [9.17, 15) is 9.59 Å². The molecule has 0 aliphatic carbocycles. The van der Waals surface area contributed by atoms with Gasteiger partial charge in [0.15, 0.2) is 5.78 Å². The highest BCUT2D eigenvalue weighted by Gasteiger charge is 2.15. The van der Waals surface area contributed by atoms with E-state index in [1.807, 2.05) is 49.4 Å². The number of carbonyl (C=O) groups excluding carboxylic acids is 2. The molecule has 29 heavy (non-hydrogen) atoms. The molecule has 0 saturated carbocycles. The molecule has 3 N–H and O–H groups in total. The first kappa shape index (κ1) is 21.1. The van der Waals surface area contributed by atoms with E-state index in [-0.39, 0.29) is 24.7 Å². The molecule has 2 aromatic carbocycles. The Morgan fingerprint density at radius 1 is 1.21 bits per heavy atom. The molecule has 0 radical (unpaired) electrons. The summed E-state index contributed by atoms with van der Waals surface area (Å²) in [6.07, 6.45) is 0.595. The highest BCUT2D eigenvalue weighted by atomic mass is 32.1. The number of fused-ring (bicyclic) bond motifs is 1. The number of ketones is 1. The summed E-state index contributed by atoms with van der Waals surface area (Å²) < 4.78 is 6.61. The first-order valence-corrected chi connectivity index (χ1v) is 10.4. The maximum absolute atomic E-state index is 12.2. The molecular weight excluding hydrogens is 386 g/mol. The van der Waals surface area contributed by atoms with Crippen LogP contribution in [0.15, 0.2) is 48.5 Å². The van der Waals surface area contributed by atoms with Crippen LogP contribution in [0.1, 0.15) is 22.6 Å². The van der Waals surface area contributed by atoms with Gasteiger partial charge < -0.3 is 15.8 Å². The van der Waals surface area contributed by atoms with Crippen molar-refractivity contribution in [1.29, 1.82) is 0 Å². The zero-order chi connectivity index (χ0) is 20.6. The van der Waals surface area contributed by atoms with Gasteiger partial charge in [0, 0.05) is 6.61 Å². The number of hydrogen-bond donors (Lipinski definition) is 2. The number of thiazole rings is 1. The van der Waals surface area contributed by atoms with Crippen LogP contribution in [0.2, 0.25) is 0 Å². The van der Waals surface area contributed by atoms with Crippen molar-refractivity contribution in [3.63, 3.8) is 0 Å². The van der Waals surface area contributed by atoms with Crippen LogP contribution in [-0.2, 0) is 27.4 Å². The van der Waals surface area contributed by atoms with Gasteiger partial charge in [-0.3, -0.25) is 9.59 Å². The molecule has 1 atom stereocenters. The van der Waals surface area contributed by atoms with Gasteiger partial charge in [0.1, 0.15) is 5.01 Å². The maximum Gasteiger partial charge on any atom is 0.237 e. The number of Topliss-reactive ketones (excluding diaryl/α,β-unsaturated/α-hetero) is 1. The van der Waals surface area contributed by atoms with Crippen molar-refractivity contribution in [1.82, 2.24) is 10.3 Å². The zero-order valence-electron chi connectivity index (χ0n) is 16.4. The standard InChI is InChI=1S/C22H25N3O3S/c1-15-7-8-19-20(11-15)29-21(25-19)12-17(26)13-24-22(27)18(23)9-10-28-14-16-5-3-2-4-6-16/h2-8,11,18H,9-10,12-14,23H2,1H3,(H,24,27)/t18-/m1/s1. The number of rotatable bonds is 10. The second kappa shape index (κ2) is 10.2. The lowest BCUT2D eigenvalue weighted by atomic mass is 10.2. The molecule has 6 nitrogen and oxygen atoms in total. The van der Waals surface area contributed by atoms with E-state index >= 15 is 0 Å². The molecule has 0 unspecified atom stereocenters. The number of benzene rings is 2. The molecule has 0 fully saturated rings. The molecule has 1 aromatic heterocycles. The Hall–Kier alpha value is -2.61. The van der Waals surface area contributed by atoms with Crippen molar-refractivity contribution < 1.29 is 14.3 Å². The first-order chi connectivity index (χ1) is 14.0.